The maximum atomic E-state index is 12.6. The molecular formula is C27H25N3O7. The molecule has 1 amide bonds. The Balaban J connectivity index is 1.35. The number of hydrazone groups is 1. The molecule has 0 saturated carbocycles. The predicted molar refractivity (Wildman–Crippen MR) is 135 cm³/mol. The number of hydrogen-bond donors (Lipinski definition) is 1. The maximum absolute atomic E-state index is 12.6. The van der Waals surface area contributed by atoms with Crippen LogP contribution in [0.5, 0.6) is 17.2 Å². The van der Waals surface area contributed by atoms with Gasteiger partial charge in [-0.2, -0.15) is 5.10 Å². The highest BCUT2D eigenvalue weighted by Gasteiger charge is 2.28. The van der Waals surface area contributed by atoms with Crippen LogP contribution in [-0.4, -0.2) is 35.7 Å². The molecule has 3 aromatic rings. The first-order valence-electron chi connectivity index (χ1n) is 11.4. The number of hydrogen-bond acceptors (Lipinski definition) is 8. The molecule has 4 rings (SSSR count). The van der Waals surface area contributed by atoms with E-state index in [9.17, 15) is 19.7 Å². The van der Waals surface area contributed by atoms with Crippen molar-refractivity contribution < 1.29 is 28.7 Å². The number of nitro benzene ring substituents is 1. The van der Waals surface area contributed by atoms with E-state index in [1.165, 1.54) is 30.5 Å². The Bertz CT molecular complexity index is 1360. The second-order valence-corrected chi connectivity index (χ2v) is 9.33. The smallest absolute Gasteiger partial charge is 0.343 e. The van der Waals surface area contributed by atoms with Crippen LogP contribution in [0.1, 0.15) is 42.3 Å². The summed E-state index contributed by atoms with van der Waals surface area (Å²) < 4.78 is 16.9. The summed E-state index contributed by atoms with van der Waals surface area (Å²) in [5, 5.41) is 14.7. The Morgan fingerprint density at radius 3 is 2.54 bits per heavy atom. The summed E-state index contributed by atoms with van der Waals surface area (Å²) in [6, 6.07) is 17.3. The number of nitrogens with zero attached hydrogens (tertiary/aromatic N) is 2. The first-order valence-corrected chi connectivity index (χ1v) is 11.4. The second kappa shape index (κ2) is 10.5. The van der Waals surface area contributed by atoms with Gasteiger partial charge in [-0.25, -0.2) is 10.2 Å². The Kier molecular flexibility index (Phi) is 7.19. The molecule has 0 radical (unpaired) electrons. The van der Waals surface area contributed by atoms with E-state index in [0.717, 1.165) is 5.56 Å². The van der Waals surface area contributed by atoms with Crippen LogP contribution in [0.4, 0.5) is 5.69 Å². The lowest BCUT2D eigenvalue weighted by Gasteiger charge is -2.27. The fourth-order valence-corrected chi connectivity index (χ4v) is 3.45. The Labute approximate surface area is 213 Å². The zero-order valence-electron chi connectivity index (χ0n) is 20.5. The van der Waals surface area contributed by atoms with Gasteiger partial charge in [0.2, 0.25) is 6.10 Å². The van der Waals surface area contributed by atoms with Crippen molar-refractivity contribution in [3.63, 3.8) is 0 Å². The number of nitrogens with one attached hydrogen (secondary N) is 1. The van der Waals surface area contributed by atoms with Crippen LogP contribution in [-0.2, 0) is 10.2 Å². The Morgan fingerprint density at radius 2 is 1.84 bits per heavy atom. The van der Waals surface area contributed by atoms with Gasteiger partial charge in [0.25, 0.3) is 11.6 Å². The summed E-state index contributed by atoms with van der Waals surface area (Å²) in [4.78, 5) is 35.1. The molecule has 10 heteroatoms. The van der Waals surface area contributed by atoms with Gasteiger partial charge in [-0.3, -0.25) is 14.9 Å². The summed E-state index contributed by atoms with van der Waals surface area (Å²) in [6.07, 6.45) is 0.532. The second-order valence-electron chi connectivity index (χ2n) is 9.33. The van der Waals surface area contributed by atoms with Crippen molar-refractivity contribution in [3.05, 3.63) is 93.5 Å². The van der Waals surface area contributed by atoms with E-state index >= 15 is 0 Å². The number of rotatable bonds is 6. The van der Waals surface area contributed by atoms with Gasteiger partial charge in [0.1, 0.15) is 12.4 Å². The van der Waals surface area contributed by atoms with Crippen molar-refractivity contribution in [1.82, 2.24) is 5.43 Å². The minimum Gasteiger partial charge on any atom is -0.485 e. The molecule has 3 aromatic carbocycles. The van der Waals surface area contributed by atoms with Crippen molar-refractivity contribution in [2.75, 3.05) is 6.61 Å². The quantitative estimate of drug-likeness (QED) is 0.173. The molecule has 37 heavy (non-hydrogen) atoms. The zero-order chi connectivity index (χ0) is 26.6. The summed E-state index contributed by atoms with van der Waals surface area (Å²) in [5.74, 6) is 0.199. The van der Waals surface area contributed by atoms with Crippen molar-refractivity contribution in [1.29, 1.82) is 0 Å². The first kappa shape index (κ1) is 25.4. The molecule has 0 fully saturated rings. The minimum atomic E-state index is -0.867. The molecule has 190 valence electrons. The lowest BCUT2D eigenvalue weighted by atomic mass is 9.87. The molecule has 10 nitrogen and oxygen atoms in total. The van der Waals surface area contributed by atoms with E-state index in [-0.39, 0.29) is 29.0 Å². The van der Waals surface area contributed by atoms with Crippen LogP contribution in [0.3, 0.4) is 0 Å². The monoisotopic (exact) mass is 503 g/mol. The van der Waals surface area contributed by atoms with Gasteiger partial charge in [-0.15, -0.1) is 0 Å². The standard InChI is InChI=1S/C27H25N3O7/c1-27(2,3)19-9-12-22-23(14-19)37-24(16-35-22)25(31)29-28-15-17-5-4-6-21(13-17)36-26(32)18-7-10-20(11-8-18)30(33)34/h4-15,24H,16H2,1-3H3,(H,29,31)/b28-15+/t24-/m0/s1. The molecule has 1 aliphatic rings. The normalized spacial score (nSPS) is 14.7. The number of ether oxygens (including phenoxy) is 3. The number of non-ortho nitro benzene ring substituents is 1. The molecule has 1 aliphatic heterocycles. The maximum Gasteiger partial charge on any atom is 0.343 e. The summed E-state index contributed by atoms with van der Waals surface area (Å²) in [6.45, 7) is 6.31. The molecular weight excluding hydrogens is 478 g/mol. The number of esters is 1. The molecule has 1 atom stereocenters. The van der Waals surface area contributed by atoms with Crippen molar-refractivity contribution in [2.45, 2.75) is 32.3 Å². The number of carbonyl (C=O) groups excluding carboxylic acids is 2. The topological polar surface area (TPSA) is 129 Å². The predicted octanol–water partition coefficient (Wildman–Crippen LogP) is 4.40. The molecule has 1 heterocycles. The van der Waals surface area contributed by atoms with E-state index in [2.05, 4.69) is 31.3 Å². The number of fused-ring (bicyclic) bond motifs is 1. The van der Waals surface area contributed by atoms with Crippen molar-refractivity contribution >= 4 is 23.8 Å². The van der Waals surface area contributed by atoms with E-state index in [1.54, 1.807) is 24.3 Å². The zero-order valence-corrected chi connectivity index (χ0v) is 20.5. The average molecular weight is 504 g/mol. The number of nitro groups is 1. The van der Waals surface area contributed by atoms with E-state index in [4.69, 9.17) is 14.2 Å². The molecule has 0 aliphatic carbocycles. The summed E-state index contributed by atoms with van der Waals surface area (Å²) >= 11 is 0. The van der Waals surface area contributed by atoms with Crippen LogP contribution in [0.15, 0.2) is 71.8 Å². The van der Waals surface area contributed by atoms with Gasteiger partial charge in [0.15, 0.2) is 11.5 Å². The van der Waals surface area contributed by atoms with Crippen molar-refractivity contribution in [2.24, 2.45) is 5.10 Å². The van der Waals surface area contributed by atoms with Crippen molar-refractivity contribution in [3.8, 4) is 17.2 Å². The largest absolute Gasteiger partial charge is 0.485 e. The van der Waals surface area contributed by atoms with Crippen LogP contribution in [0.2, 0.25) is 0 Å². The highest BCUT2D eigenvalue weighted by Crippen LogP contribution is 2.36. The van der Waals surface area contributed by atoms with Crippen LogP contribution in [0.25, 0.3) is 0 Å². The van der Waals surface area contributed by atoms with Gasteiger partial charge in [0, 0.05) is 12.1 Å². The number of carbonyl (C=O) groups is 2. The van der Waals surface area contributed by atoms with E-state index in [0.29, 0.717) is 17.1 Å². The highest BCUT2D eigenvalue weighted by atomic mass is 16.6. The molecule has 1 N–H and O–H groups in total. The minimum absolute atomic E-state index is 0.0529. The van der Waals surface area contributed by atoms with Crippen LogP contribution < -0.4 is 19.6 Å². The SMILES string of the molecule is CC(C)(C)c1ccc2c(c1)O[C@H](C(=O)N/N=C/c1cccc(OC(=O)c3ccc([N+](=O)[O-])cc3)c1)CO2. The highest BCUT2D eigenvalue weighted by molar-refractivity contribution is 5.91. The van der Waals surface area contributed by atoms with Gasteiger partial charge in [0.05, 0.1) is 16.7 Å². The summed E-state index contributed by atoms with van der Waals surface area (Å²) in [5.41, 5.74) is 4.03. The Morgan fingerprint density at radius 1 is 1.08 bits per heavy atom. The summed E-state index contributed by atoms with van der Waals surface area (Å²) in [7, 11) is 0. The molecule has 0 saturated heterocycles. The molecule has 0 unspecified atom stereocenters. The molecule has 0 bridgehead atoms. The molecule has 0 spiro atoms. The fourth-order valence-electron chi connectivity index (χ4n) is 3.45. The fraction of sp³-hybridized carbons (Fsp3) is 0.222. The first-order chi connectivity index (χ1) is 17.6. The van der Waals surface area contributed by atoms with Gasteiger partial charge in [-0.1, -0.05) is 39.0 Å². The van der Waals surface area contributed by atoms with E-state index < -0.39 is 22.9 Å². The van der Waals surface area contributed by atoms with Gasteiger partial charge in [-0.05, 0) is 52.9 Å². The molecule has 0 aromatic heterocycles. The average Bonchev–Trinajstić information content (AvgIpc) is 2.87. The van der Waals surface area contributed by atoms with E-state index in [1.807, 2.05) is 18.2 Å². The van der Waals surface area contributed by atoms with Gasteiger partial charge < -0.3 is 14.2 Å². The third-order valence-electron chi connectivity index (χ3n) is 5.53. The van der Waals surface area contributed by atoms with Gasteiger partial charge >= 0.3 is 5.97 Å². The van der Waals surface area contributed by atoms with Crippen LogP contribution >= 0.6 is 0 Å². The number of benzene rings is 3. The third kappa shape index (κ3) is 6.29. The number of amides is 1. The lowest BCUT2D eigenvalue weighted by molar-refractivity contribution is -0.384. The lowest BCUT2D eigenvalue weighted by Crippen LogP contribution is -2.42. The third-order valence-corrected chi connectivity index (χ3v) is 5.53. The Hall–Kier alpha value is -4.73. The van der Waals surface area contributed by atoms with Crippen LogP contribution in [0, 0.1) is 10.1 Å².